The topological polar surface area (TPSA) is 49.4 Å². The number of sulfone groups is 1. The van der Waals surface area contributed by atoms with E-state index in [9.17, 15) is 8.42 Å². The molecule has 5 heteroatoms. The number of rotatable bonds is 3. The largest absolute Gasteiger partial charge is 0.316 e. The van der Waals surface area contributed by atoms with Crippen molar-refractivity contribution in [1.29, 1.82) is 0 Å². The van der Waals surface area contributed by atoms with Gasteiger partial charge in [0.1, 0.15) is 0 Å². The highest BCUT2D eigenvalue weighted by atomic mass is 32.2. The molecule has 0 aromatic rings. The first-order valence-corrected chi connectivity index (χ1v) is 8.24. The van der Waals surface area contributed by atoms with Crippen molar-refractivity contribution in [2.24, 2.45) is 5.92 Å². The molecule has 1 fully saturated rings. The summed E-state index contributed by atoms with van der Waals surface area (Å²) in [7, 11) is -3.00. The average molecular weight is 262 g/mol. The Balaban J connectivity index is 2.65. The summed E-state index contributed by atoms with van der Waals surface area (Å²) in [6, 6.07) is 0. The molecule has 1 aliphatic heterocycles. The van der Waals surface area contributed by atoms with Crippen molar-refractivity contribution < 1.29 is 8.42 Å². The molecule has 1 aliphatic rings. The Kier molecular flexibility index (Phi) is 4.98. The first kappa shape index (κ1) is 14.9. The van der Waals surface area contributed by atoms with Crippen LogP contribution in [0.5, 0.6) is 0 Å². The van der Waals surface area contributed by atoms with Gasteiger partial charge in [-0.1, -0.05) is 6.92 Å². The van der Waals surface area contributed by atoms with Gasteiger partial charge >= 0.3 is 0 Å². The summed E-state index contributed by atoms with van der Waals surface area (Å²) in [5.74, 6) is 0.575. The van der Waals surface area contributed by atoms with E-state index in [-0.39, 0.29) is 0 Å². The van der Waals surface area contributed by atoms with E-state index in [1.165, 1.54) is 6.26 Å². The Labute approximate surface area is 106 Å². The van der Waals surface area contributed by atoms with E-state index in [1.807, 2.05) is 13.8 Å². The van der Waals surface area contributed by atoms with E-state index in [4.69, 9.17) is 0 Å². The molecule has 0 spiro atoms. The van der Waals surface area contributed by atoms with E-state index < -0.39 is 14.6 Å². The molecular weight excluding hydrogens is 236 g/mol. The van der Waals surface area contributed by atoms with Crippen LogP contribution in [0.25, 0.3) is 0 Å². The van der Waals surface area contributed by atoms with Gasteiger partial charge in [0.2, 0.25) is 0 Å². The molecule has 0 aromatic carbocycles. The van der Waals surface area contributed by atoms with Crippen LogP contribution in [0.2, 0.25) is 0 Å². The van der Waals surface area contributed by atoms with Crippen molar-refractivity contribution in [2.45, 2.75) is 31.9 Å². The van der Waals surface area contributed by atoms with Gasteiger partial charge in [-0.15, -0.1) is 0 Å². The van der Waals surface area contributed by atoms with Crippen molar-refractivity contribution in [1.82, 2.24) is 10.2 Å². The van der Waals surface area contributed by atoms with Gasteiger partial charge in [-0.3, -0.25) is 0 Å². The van der Waals surface area contributed by atoms with Crippen molar-refractivity contribution in [3.8, 4) is 0 Å². The van der Waals surface area contributed by atoms with Crippen molar-refractivity contribution in [3.63, 3.8) is 0 Å². The summed E-state index contributed by atoms with van der Waals surface area (Å²) in [6.45, 7) is 10.5. The number of hydrogen-bond acceptors (Lipinski definition) is 4. The molecule has 1 unspecified atom stereocenters. The van der Waals surface area contributed by atoms with Crippen LogP contribution in [0.1, 0.15) is 27.2 Å². The fourth-order valence-electron chi connectivity index (χ4n) is 2.17. The van der Waals surface area contributed by atoms with Gasteiger partial charge in [0.25, 0.3) is 0 Å². The maximum Gasteiger partial charge on any atom is 0.153 e. The average Bonchev–Trinajstić information content (AvgIpc) is 2.11. The number of nitrogens with one attached hydrogen (secondary N) is 1. The second-order valence-electron chi connectivity index (χ2n) is 5.93. The predicted octanol–water partition coefficient (Wildman–Crippen LogP) is 0.741. The van der Waals surface area contributed by atoms with Gasteiger partial charge in [-0.05, 0) is 45.8 Å². The monoisotopic (exact) mass is 262 g/mol. The van der Waals surface area contributed by atoms with E-state index in [2.05, 4.69) is 17.1 Å². The second kappa shape index (κ2) is 5.67. The summed E-state index contributed by atoms with van der Waals surface area (Å²) in [6.07, 6.45) is 2.43. The van der Waals surface area contributed by atoms with Crippen LogP contribution in [-0.2, 0) is 9.84 Å². The molecule has 0 aliphatic carbocycles. The highest BCUT2D eigenvalue weighted by molar-refractivity contribution is 7.92. The van der Waals surface area contributed by atoms with Gasteiger partial charge in [0, 0.05) is 19.3 Å². The number of hydrogen-bond donors (Lipinski definition) is 1. The summed E-state index contributed by atoms with van der Waals surface area (Å²) < 4.78 is 22.8. The third-order valence-corrected chi connectivity index (χ3v) is 5.64. The fourth-order valence-corrected chi connectivity index (χ4v) is 2.59. The van der Waals surface area contributed by atoms with Crippen LogP contribution >= 0.6 is 0 Å². The summed E-state index contributed by atoms with van der Waals surface area (Å²) in [5.41, 5.74) is 0. The van der Waals surface area contributed by atoms with Crippen LogP contribution < -0.4 is 5.32 Å². The summed E-state index contributed by atoms with van der Waals surface area (Å²) >= 11 is 0. The van der Waals surface area contributed by atoms with Crippen LogP contribution in [0, 0.1) is 5.92 Å². The van der Waals surface area contributed by atoms with Crippen molar-refractivity contribution in [2.75, 3.05) is 39.0 Å². The molecule has 102 valence electrons. The highest BCUT2D eigenvalue weighted by Gasteiger charge is 2.32. The molecule has 0 bridgehead atoms. The molecule has 1 N–H and O–H groups in total. The zero-order valence-corrected chi connectivity index (χ0v) is 12.3. The lowest BCUT2D eigenvalue weighted by Crippen LogP contribution is -2.48. The van der Waals surface area contributed by atoms with Crippen LogP contribution in [-0.4, -0.2) is 57.0 Å². The Bertz CT molecular complexity index is 338. The first-order chi connectivity index (χ1) is 7.72. The smallest absolute Gasteiger partial charge is 0.153 e. The van der Waals surface area contributed by atoms with E-state index in [1.54, 1.807) is 0 Å². The Morgan fingerprint density at radius 2 is 2.06 bits per heavy atom. The second-order valence-corrected chi connectivity index (χ2v) is 8.58. The fraction of sp³-hybridized carbons (Fsp3) is 1.00. The van der Waals surface area contributed by atoms with Crippen LogP contribution in [0.4, 0.5) is 0 Å². The minimum absolute atomic E-state index is 0.575. The van der Waals surface area contributed by atoms with Gasteiger partial charge in [-0.25, -0.2) is 8.42 Å². The predicted molar refractivity (Wildman–Crippen MR) is 72.0 cm³/mol. The molecule has 1 atom stereocenters. The van der Waals surface area contributed by atoms with Gasteiger partial charge < -0.3 is 10.2 Å². The number of nitrogens with zero attached hydrogens (tertiary/aromatic N) is 1. The Hall–Kier alpha value is -0.130. The van der Waals surface area contributed by atoms with E-state index in [0.29, 0.717) is 12.5 Å². The Morgan fingerprint density at radius 1 is 1.41 bits per heavy atom. The van der Waals surface area contributed by atoms with Gasteiger partial charge in [-0.2, -0.15) is 0 Å². The molecular formula is C12H26N2O2S. The zero-order chi connectivity index (χ0) is 13.1. The van der Waals surface area contributed by atoms with Gasteiger partial charge in [0.05, 0.1) is 4.75 Å². The van der Waals surface area contributed by atoms with Crippen LogP contribution in [0.15, 0.2) is 0 Å². The van der Waals surface area contributed by atoms with E-state index >= 15 is 0 Å². The van der Waals surface area contributed by atoms with Gasteiger partial charge in [0.15, 0.2) is 9.84 Å². The summed E-state index contributed by atoms with van der Waals surface area (Å²) in [5, 5.41) is 3.41. The van der Waals surface area contributed by atoms with Crippen molar-refractivity contribution in [3.05, 3.63) is 0 Å². The molecule has 1 saturated heterocycles. The van der Waals surface area contributed by atoms with Crippen LogP contribution in [0.3, 0.4) is 0 Å². The highest BCUT2D eigenvalue weighted by Crippen LogP contribution is 2.18. The zero-order valence-electron chi connectivity index (χ0n) is 11.5. The minimum atomic E-state index is -3.00. The maximum atomic E-state index is 11.7. The quantitative estimate of drug-likeness (QED) is 0.815. The molecule has 0 saturated carbocycles. The molecule has 4 nitrogen and oxygen atoms in total. The third-order valence-electron chi connectivity index (χ3n) is 3.50. The molecule has 17 heavy (non-hydrogen) atoms. The standard InChI is InChI=1S/C12H26N2O2S/c1-11-8-13-6-5-7-14(9-11)10-12(2,3)17(4,15)16/h11,13H,5-10H2,1-4H3. The normalized spacial score (nSPS) is 25.3. The lowest BCUT2D eigenvalue weighted by Gasteiger charge is -2.34. The first-order valence-electron chi connectivity index (χ1n) is 6.35. The molecule has 0 aromatic heterocycles. The SMILES string of the molecule is CC1CNCCCN(CC(C)(C)S(C)(=O)=O)C1. The molecule has 1 heterocycles. The lowest BCUT2D eigenvalue weighted by atomic mass is 10.1. The van der Waals surface area contributed by atoms with Crippen molar-refractivity contribution >= 4 is 9.84 Å². The van der Waals surface area contributed by atoms with E-state index in [0.717, 1.165) is 32.6 Å². The lowest BCUT2D eigenvalue weighted by molar-refractivity contribution is 0.202. The summed E-state index contributed by atoms with van der Waals surface area (Å²) in [4.78, 5) is 2.30. The minimum Gasteiger partial charge on any atom is -0.316 e. The maximum absolute atomic E-state index is 11.7. The molecule has 0 amide bonds. The molecule has 1 rings (SSSR count). The third kappa shape index (κ3) is 4.56. The molecule has 0 radical (unpaired) electrons. The Morgan fingerprint density at radius 3 is 2.65 bits per heavy atom.